The number of rotatable bonds is 2. The van der Waals surface area contributed by atoms with Crippen LogP contribution in [0, 0.1) is 17.8 Å². The van der Waals surface area contributed by atoms with Gasteiger partial charge in [0.25, 0.3) is 11.8 Å². The van der Waals surface area contributed by atoms with E-state index in [2.05, 4.69) is 0 Å². The number of hydrogen-bond acceptors (Lipinski definition) is 5. The van der Waals surface area contributed by atoms with Gasteiger partial charge in [-0.2, -0.15) is 26.3 Å². The minimum Gasteiger partial charge on any atom is -0.508 e. The van der Waals surface area contributed by atoms with Gasteiger partial charge in [0.05, 0.1) is 28.7 Å². The number of fused-ring (bicyclic) bond motifs is 4. The summed E-state index contributed by atoms with van der Waals surface area (Å²) >= 11 is 20.5. The number of aromatic hydroxyl groups is 1. The number of hydrogen-bond donors (Lipinski definition) is 1. The molecule has 2 aliphatic carbocycles. The molecule has 2 aliphatic heterocycles. The molecule has 16 heteroatoms. The molecule has 6 rings (SSSR count). The number of imide groups is 2. The third-order valence-corrected chi connectivity index (χ3v) is 10.9. The highest BCUT2D eigenvalue weighted by Crippen LogP contribution is 2.66. The van der Waals surface area contributed by atoms with Crippen LogP contribution in [0.5, 0.6) is 5.75 Å². The van der Waals surface area contributed by atoms with Crippen LogP contribution >= 0.6 is 34.8 Å². The number of alkyl halides is 8. The number of phenolic OH excluding ortho intramolecular Hbond substituents is 1. The Morgan fingerprint density at radius 2 is 1.47 bits per heavy atom. The molecular weight excluding hydrogens is 677 g/mol. The van der Waals surface area contributed by atoms with Crippen molar-refractivity contribution in [1.29, 1.82) is 0 Å². The number of benzene rings is 2. The highest BCUT2D eigenvalue weighted by atomic mass is 35.5. The second-order valence-corrected chi connectivity index (χ2v) is 13.1. The molecule has 0 bridgehead atoms. The van der Waals surface area contributed by atoms with E-state index in [-0.39, 0.29) is 46.5 Å². The van der Waals surface area contributed by atoms with Gasteiger partial charge in [0, 0.05) is 18.0 Å². The van der Waals surface area contributed by atoms with E-state index in [0.29, 0.717) is 4.90 Å². The Balaban J connectivity index is 1.51. The van der Waals surface area contributed by atoms with Crippen molar-refractivity contribution in [2.24, 2.45) is 17.8 Å². The molecule has 2 heterocycles. The molecule has 4 aliphatic rings. The van der Waals surface area contributed by atoms with Crippen LogP contribution in [0.3, 0.4) is 0 Å². The number of carbonyl (C=O) groups excluding carboxylic acids is 4. The van der Waals surface area contributed by atoms with E-state index < -0.39 is 92.6 Å². The molecule has 3 fully saturated rings. The lowest BCUT2D eigenvalue weighted by Gasteiger charge is -2.51. The van der Waals surface area contributed by atoms with Crippen molar-refractivity contribution < 1.29 is 50.6 Å². The fourth-order valence-corrected chi connectivity index (χ4v) is 8.46. The fraction of sp³-hybridized carbons (Fsp3) is 0.379. The van der Waals surface area contributed by atoms with Gasteiger partial charge in [-0.15, -0.1) is 23.2 Å². The maximum absolute atomic E-state index is 14.0. The summed E-state index contributed by atoms with van der Waals surface area (Å²) in [6.07, 6.45) is -9.62. The fourth-order valence-electron chi connectivity index (χ4n) is 7.16. The standard InChI is InChI=1S/C29H19Cl3F6N2O5/c1-39-24(44)26(31)10-18-15(21(27(26,32)25(39)45)16-3-2-14(41)9-19(16)30)4-5-17-20(18)23(43)40(22(17)42)13-7-11(28(33,34)35)6-12(8-13)29(36,37)38/h2-4,6-9,17-18,20-21,41H,5,10H2,1H3. The Bertz CT molecular complexity index is 1710. The first-order valence-electron chi connectivity index (χ1n) is 13.3. The maximum Gasteiger partial charge on any atom is 0.416 e. The second kappa shape index (κ2) is 9.85. The molecular formula is C29H19Cl3F6N2O5. The molecule has 2 aromatic rings. The lowest BCUT2D eigenvalue weighted by molar-refractivity contribution is -0.143. The highest BCUT2D eigenvalue weighted by molar-refractivity contribution is 6.53. The van der Waals surface area contributed by atoms with Crippen molar-refractivity contribution in [3.63, 3.8) is 0 Å². The van der Waals surface area contributed by atoms with Gasteiger partial charge in [-0.05, 0) is 54.7 Å². The van der Waals surface area contributed by atoms with Crippen LogP contribution in [-0.2, 0) is 31.5 Å². The lowest BCUT2D eigenvalue weighted by atomic mass is 9.56. The first-order chi connectivity index (χ1) is 20.7. The summed E-state index contributed by atoms with van der Waals surface area (Å²) < 4.78 is 81.7. The van der Waals surface area contributed by atoms with E-state index in [1.54, 1.807) is 0 Å². The van der Waals surface area contributed by atoms with Crippen LogP contribution in [-0.4, -0.2) is 50.4 Å². The van der Waals surface area contributed by atoms with Gasteiger partial charge in [-0.3, -0.25) is 24.1 Å². The van der Waals surface area contributed by atoms with Gasteiger partial charge in [0.2, 0.25) is 11.8 Å². The van der Waals surface area contributed by atoms with Gasteiger partial charge in [0.15, 0.2) is 9.75 Å². The molecule has 2 saturated heterocycles. The van der Waals surface area contributed by atoms with Gasteiger partial charge in [0.1, 0.15) is 5.75 Å². The van der Waals surface area contributed by atoms with Crippen molar-refractivity contribution in [1.82, 2.24) is 4.90 Å². The average molecular weight is 696 g/mol. The van der Waals surface area contributed by atoms with E-state index in [1.165, 1.54) is 18.2 Å². The maximum atomic E-state index is 14.0. The third-order valence-electron chi connectivity index (χ3n) is 9.14. The molecule has 238 valence electrons. The van der Waals surface area contributed by atoms with Crippen LogP contribution in [0.1, 0.15) is 35.4 Å². The largest absolute Gasteiger partial charge is 0.508 e. The molecule has 6 unspecified atom stereocenters. The molecule has 6 atom stereocenters. The van der Waals surface area contributed by atoms with Crippen molar-refractivity contribution >= 4 is 64.1 Å². The van der Waals surface area contributed by atoms with E-state index >= 15 is 0 Å². The number of nitrogens with zero attached hydrogens (tertiary/aromatic N) is 2. The van der Waals surface area contributed by atoms with Crippen molar-refractivity contribution in [3.8, 4) is 5.75 Å². The molecule has 1 N–H and O–H groups in total. The summed E-state index contributed by atoms with van der Waals surface area (Å²) in [7, 11) is 1.16. The molecule has 0 radical (unpaired) electrons. The first kappa shape index (κ1) is 31.7. The van der Waals surface area contributed by atoms with E-state index in [1.807, 2.05) is 0 Å². The molecule has 1 saturated carbocycles. The minimum absolute atomic E-state index is 0.0726. The molecule has 4 amide bonds. The number of likely N-dealkylation sites (tertiary alicyclic amines) is 1. The van der Waals surface area contributed by atoms with Crippen LogP contribution in [0.4, 0.5) is 32.0 Å². The number of amides is 4. The van der Waals surface area contributed by atoms with E-state index in [9.17, 15) is 50.6 Å². The smallest absolute Gasteiger partial charge is 0.416 e. The third kappa shape index (κ3) is 4.33. The van der Waals surface area contributed by atoms with Crippen LogP contribution in [0.25, 0.3) is 0 Å². The zero-order chi connectivity index (χ0) is 33.2. The van der Waals surface area contributed by atoms with Crippen molar-refractivity contribution in [2.75, 3.05) is 11.9 Å². The quantitative estimate of drug-likeness (QED) is 0.173. The monoisotopic (exact) mass is 694 g/mol. The van der Waals surface area contributed by atoms with Crippen molar-refractivity contribution in [2.45, 2.75) is 40.9 Å². The van der Waals surface area contributed by atoms with Gasteiger partial charge >= 0.3 is 12.4 Å². The Kier molecular flexibility index (Phi) is 6.94. The Morgan fingerprint density at radius 3 is 2.02 bits per heavy atom. The zero-order valence-electron chi connectivity index (χ0n) is 22.6. The number of allylic oxidation sites excluding steroid dienone is 2. The highest BCUT2D eigenvalue weighted by Gasteiger charge is 2.76. The van der Waals surface area contributed by atoms with Gasteiger partial charge < -0.3 is 5.11 Å². The summed E-state index contributed by atoms with van der Waals surface area (Å²) in [6.45, 7) is 0. The minimum atomic E-state index is -5.24. The number of anilines is 1. The Labute approximate surface area is 265 Å². The SMILES string of the molecule is CN1C(=O)C2(Cl)CC3C(=CCC4C(=O)N(c5cc(C(F)(F)F)cc(C(F)(F)F)c5)C(=O)C43)C(c3ccc(O)cc3Cl)C2(Cl)C1=O. The zero-order valence-corrected chi connectivity index (χ0v) is 24.9. The molecule has 2 aromatic carbocycles. The average Bonchev–Trinajstić information content (AvgIpc) is 3.27. The predicted octanol–water partition coefficient (Wildman–Crippen LogP) is 6.28. The molecule has 7 nitrogen and oxygen atoms in total. The summed E-state index contributed by atoms with van der Waals surface area (Å²) in [5, 5.41) is 9.88. The summed E-state index contributed by atoms with van der Waals surface area (Å²) in [5.41, 5.74) is -3.91. The Morgan fingerprint density at radius 1 is 0.867 bits per heavy atom. The van der Waals surface area contributed by atoms with Crippen LogP contribution in [0.2, 0.25) is 5.02 Å². The summed E-state index contributed by atoms with van der Waals surface area (Å²) in [5.74, 6) is -9.18. The van der Waals surface area contributed by atoms with Gasteiger partial charge in [-0.1, -0.05) is 29.3 Å². The van der Waals surface area contributed by atoms with Gasteiger partial charge in [-0.25, -0.2) is 4.90 Å². The van der Waals surface area contributed by atoms with E-state index in [4.69, 9.17) is 34.8 Å². The topological polar surface area (TPSA) is 95.0 Å². The number of halogens is 9. The first-order valence-corrected chi connectivity index (χ1v) is 14.4. The Hall–Kier alpha value is -3.29. The van der Waals surface area contributed by atoms with Crippen LogP contribution < -0.4 is 4.90 Å². The molecule has 45 heavy (non-hydrogen) atoms. The summed E-state index contributed by atoms with van der Waals surface area (Å²) in [6, 6.07) is 4.21. The normalized spacial score (nSPS) is 31.6. The number of phenols is 1. The second-order valence-electron chi connectivity index (χ2n) is 11.5. The lowest BCUT2D eigenvalue weighted by Crippen LogP contribution is -2.60. The van der Waals surface area contributed by atoms with Crippen molar-refractivity contribution in [3.05, 3.63) is 69.8 Å². The molecule has 0 aromatic heterocycles. The number of carbonyl (C=O) groups is 4. The van der Waals surface area contributed by atoms with Crippen LogP contribution in [0.15, 0.2) is 48.0 Å². The van der Waals surface area contributed by atoms with E-state index in [0.717, 1.165) is 18.0 Å². The predicted molar refractivity (Wildman–Crippen MR) is 148 cm³/mol. The molecule has 0 spiro atoms. The summed E-state index contributed by atoms with van der Waals surface area (Å²) in [4.78, 5) is 51.3.